The van der Waals surface area contributed by atoms with Gasteiger partial charge in [0, 0.05) is 18.1 Å². The van der Waals surface area contributed by atoms with Gasteiger partial charge in [0.1, 0.15) is 11.2 Å². The summed E-state index contributed by atoms with van der Waals surface area (Å²) in [5.41, 5.74) is -0.637. The third-order valence-corrected chi connectivity index (χ3v) is 3.76. The summed E-state index contributed by atoms with van der Waals surface area (Å²) in [5, 5.41) is 21.1. The van der Waals surface area contributed by atoms with Crippen molar-refractivity contribution < 1.29 is 14.3 Å². The summed E-state index contributed by atoms with van der Waals surface area (Å²) < 4.78 is 14.1. The Morgan fingerprint density at radius 2 is 2.21 bits per heavy atom. The molecule has 0 spiro atoms. The molecule has 0 aromatic carbocycles. The SMILES string of the molecule is CCC[C@H](CN(C(=O)O)C(C)(C)C)Nc1nc(Cl)c(C#N)cc1F. The van der Waals surface area contributed by atoms with E-state index in [1.807, 2.05) is 6.92 Å². The van der Waals surface area contributed by atoms with Crippen molar-refractivity contribution in [2.24, 2.45) is 0 Å². The van der Waals surface area contributed by atoms with Crippen molar-refractivity contribution >= 4 is 23.5 Å². The van der Waals surface area contributed by atoms with E-state index in [0.29, 0.717) is 6.42 Å². The van der Waals surface area contributed by atoms with Gasteiger partial charge in [-0.05, 0) is 33.3 Å². The molecule has 0 saturated carbocycles. The van der Waals surface area contributed by atoms with Crippen LogP contribution in [-0.4, -0.2) is 39.2 Å². The minimum atomic E-state index is -1.04. The number of halogens is 2. The second-order valence-corrected chi connectivity index (χ2v) is 6.82. The number of amides is 1. The first-order valence-electron chi connectivity index (χ1n) is 7.63. The highest BCUT2D eigenvalue weighted by molar-refractivity contribution is 6.30. The lowest BCUT2D eigenvalue weighted by Gasteiger charge is -2.36. The Labute approximate surface area is 146 Å². The number of rotatable bonds is 6. The van der Waals surface area contributed by atoms with Gasteiger partial charge < -0.3 is 15.3 Å². The number of pyridine rings is 1. The van der Waals surface area contributed by atoms with E-state index >= 15 is 0 Å². The molecule has 0 bridgehead atoms. The van der Waals surface area contributed by atoms with Gasteiger partial charge in [0.25, 0.3) is 0 Å². The monoisotopic (exact) mass is 356 g/mol. The summed E-state index contributed by atoms with van der Waals surface area (Å²) in [6.07, 6.45) is 0.358. The van der Waals surface area contributed by atoms with Gasteiger partial charge in [-0.1, -0.05) is 24.9 Å². The molecule has 0 aliphatic carbocycles. The summed E-state index contributed by atoms with van der Waals surface area (Å²) >= 11 is 5.85. The first-order valence-corrected chi connectivity index (χ1v) is 8.01. The van der Waals surface area contributed by atoms with Crippen LogP contribution in [0.4, 0.5) is 15.0 Å². The number of aromatic nitrogens is 1. The molecule has 0 saturated heterocycles. The first kappa shape index (κ1) is 20.0. The summed E-state index contributed by atoms with van der Waals surface area (Å²) in [4.78, 5) is 16.7. The van der Waals surface area contributed by atoms with Gasteiger partial charge in [-0.15, -0.1) is 0 Å². The van der Waals surface area contributed by atoms with Gasteiger partial charge >= 0.3 is 6.09 Å². The fourth-order valence-electron chi connectivity index (χ4n) is 2.26. The smallest absolute Gasteiger partial charge is 0.407 e. The number of nitrogens with one attached hydrogen (secondary N) is 1. The van der Waals surface area contributed by atoms with Crippen LogP contribution in [0.2, 0.25) is 5.15 Å². The molecule has 2 N–H and O–H groups in total. The first-order chi connectivity index (χ1) is 11.1. The lowest BCUT2D eigenvalue weighted by molar-refractivity contribution is 0.0967. The Morgan fingerprint density at radius 3 is 2.67 bits per heavy atom. The predicted octanol–water partition coefficient (Wildman–Crippen LogP) is 4.10. The minimum Gasteiger partial charge on any atom is -0.465 e. The summed E-state index contributed by atoms with van der Waals surface area (Å²) in [5.74, 6) is -0.786. The van der Waals surface area contributed by atoms with E-state index in [1.54, 1.807) is 26.8 Å². The number of nitriles is 1. The Kier molecular flexibility index (Phi) is 6.79. The van der Waals surface area contributed by atoms with Gasteiger partial charge in [-0.3, -0.25) is 0 Å². The van der Waals surface area contributed by atoms with Gasteiger partial charge in [0.15, 0.2) is 11.6 Å². The zero-order chi connectivity index (χ0) is 18.5. The number of carboxylic acid groups (broad SMARTS) is 1. The number of nitrogens with zero attached hydrogens (tertiary/aromatic N) is 3. The minimum absolute atomic E-state index is 0.0476. The van der Waals surface area contributed by atoms with Crippen LogP contribution in [0.3, 0.4) is 0 Å². The van der Waals surface area contributed by atoms with Crippen LogP contribution in [0.25, 0.3) is 0 Å². The molecule has 132 valence electrons. The van der Waals surface area contributed by atoms with Crippen molar-refractivity contribution in [3.05, 3.63) is 22.6 Å². The lowest BCUT2D eigenvalue weighted by atomic mass is 10.0. The van der Waals surface area contributed by atoms with Crippen molar-refractivity contribution in [1.29, 1.82) is 5.26 Å². The predicted molar refractivity (Wildman–Crippen MR) is 90.7 cm³/mol. The average molecular weight is 357 g/mol. The number of hydrogen-bond donors (Lipinski definition) is 2. The fraction of sp³-hybridized carbons (Fsp3) is 0.562. The zero-order valence-electron chi connectivity index (χ0n) is 14.2. The van der Waals surface area contributed by atoms with Crippen molar-refractivity contribution in [3.63, 3.8) is 0 Å². The Morgan fingerprint density at radius 1 is 1.58 bits per heavy atom. The van der Waals surface area contributed by atoms with E-state index in [-0.39, 0.29) is 29.1 Å². The molecule has 8 heteroatoms. The molecular weight excluding hydrogens is 335 g/mol. The normalized spacial score (nSPS) is 12.4. The Balaban J connectivity index is 3.04. The molecule has 1 aromatic heterocycles. The molecular formula is C16H22ClFN4O2. The fourth-order valence-corrected chi connectivity index (χ4v) is 2.44. The van der Waals surface area contributed by atoms with E-state index in [9.17, 15) is 14.3 Å². The molecule has 24 heavy (non-hydrogen) atoms. The molecule has 1 atom stereocenters. The third-order valence-electron chi connectivity index (χ3n) is 3.47. The number of anilines is 1. The van der Waals surface area contributed by atoms with Gasteiger partial charge in [-0.25, -0.2) is 14.2 Å². The zero-order valence-corrected chi connectivity index (χ0v) is 15.0. The van der Waals surface area contributed by atoms with Crippen LogP contribution in [0, 0.1) is 17.1 Å². The molecule has 0 fully saturated rings. The second-order valence-electron chi connectivity index (χ2n) is 6.46. The molecule has 1 rings (SSSR count). The van der Waals surface area contributed by atoms with Gasteiger partial charge in [0.05, 0.1) is 5.56 Å². The summed E-state index contributed by atoms with van der Waals surface area (Å²) in [6, 6.07) is 2.44. The maximum absolute atomic E-state index is 14.1. The van der Waals surface area contributed by atoms with E-state index < -0.39 is 17.4 Å². The topological polar surface area (TPSA) is 89.2 Å². The van der Waals surface area contributed by atoms with E-state index in [0.717, 1.165) is 12.5 Å². The lowest BCUT2D eigenvalue weighted by Crippen LogP contribution is -2.50. The second kappa shape index (κ2) is 8.15. The maximum atomic E-state index is 14.1. The number of hydrogen-bond acceptors (Lipinski definition) is 4. The van der Waals surface area contributed by atoms with E-state index in [2.05, 4.69) is 10.3 Å². The van der Waals surface area contributed by atoms with Crippen LogP contribution in [0.5, 0.6) is 0 Å². The molecule has 1 amide bonds. The van der Waals surface area contributed by atoms with Gasteiger partial charge in [-0.2, -0.15) is 5.26 Å². The quantitative estimate of drug-likeness (QED) is 0.749. The molecule has 0 unspecified atom stereocenters. The molecule has 1 heterocycles. The van der Waals surface area contributed by atoms with Crippen LogP contribution >= 0.6 is 11.6 Å². The molecule has 0 aliphatic rings. The Bertz CT molecular complexity index is 640. The maximum Gasteiger partial charge on any atom is 0.407 e. The van der Waals surface area contributed by atoms with E-state index in [4.69, 9.17) is 16.9 Å². The molecule has 6 nitrogen and oxygen atoms in total. The Hall–Kier alpha value is -2.07. The average Bonchev–Trinajstić information content (AvgIpc) is 2.46. The third kappa shape index (κ3) is 5.24. The summed E-state index contributed by atoms with van der Waals surface area (Å²) in [7, 11) is 0. The van der Waals surface area contributed by atoms with Crippen molar-refractivity contribution in [2.45, 2.75) is 52.1 Å². The summed E-state index contributed by atoms with van der Waals surface area (Å²) in [6.45, 7) is 7.50. The van der Waals surface area contributed by atoms with Crippen LogP contribution in [-0.2, 0) is 0 Å². The highest BCUT2D eigenvalue weighted by Crippen LogP contribution is 2.22. The number of carbonyl (C=O) groups is 1. The highest BCUT2D eigenvalue weighted by atomic mass is 35.5. The standard InChI is InChI=1S/C16H22ClFN4O2/c1-5-6-11(9-22(15(23)24)16(2,3)4)20-14-12(18)7-10(8-19)13(17)21-14/h7,11H,5-6,9H2,1-4H3,(H,20,21)(H,23,24)/t11-/m1/s1. The van der Waals surface area contributed by atoms with Crippen molar-refractivity contribution in [2.75, 3.05) is 11.9 Å². The van der Waals surface area contributed by atoms with Crippen molar-refractivity contribution in [3.8, 4) is 6.07 Å². The van der Waals surface area contributed by atoms with Crippen LogP contribution in [0.15, 0.2) is 6.07 Å². The van der Waals surface area contributed by atoms with Crippen LogP contribution in [0.1, 0.15) is 46.1 Å². The van der Waals surface area contributed by atoms with Gasteiger partial charge in [0.2, 0.25) is 0 Å². The molecule has 1 aromatic rings. The molecule has 0 aliphatic heterocycles. The molecule has 0 radical (unpaired) electrons. The largest absolute Gasteiger partial charge is 0.465 e. The highest BCUT2D eigenvalue weighted by Gasteiger charge is 2.29. The van der Waals surface area contributed by atoms with Crippen LogP contribution < -0.4 is 5.32 Å². The van der Waals surface area contributed by atoms with Crippen molar-refractivity contribution in [1.82, 2.24) is 9.88 Å². The van der Waals surface area contributed by atoms with E-state index in [1.165, 1.54) is 4.90 Å².